The highest BCUT2D eigenvalue weighted by Crippen LogP contribution is 2.21. The number of non-ortho nitro benzene ring substituents is 1. The molecule has 4 heteroatoms. The number of nitrogens with zero attached hydrogens (tertiary/aromatic N) is 2. The van der Waals surface area contributed by atoms with Gasteiger partial charge in [-0.05, 0) is 30.2 Å². The van der Waals surface area contributed by atoms with Crippen LogP contribution in [0.3, 0.4) is 0 Å². The lowest BCUT2D eigenvalue weighted by Gasteiger charge is -2.34. The van der Waals surface area contributed by atoms with Crippen LogP contribution in [-0.2, 0) is 6.42 Å². The summed E-state index contributed by atoms with van der Waals surface area (Å²) >= 11 is 0. The van der Waals surface area contributed by atoms with Gasteiger partial charge in [0, 0.05) is 31.8 Å². The average molecular weight is 262 g/mol. The fourth-order valence-electron chi connectivity index (χ4n) is 3.09. The van der Waals surface area contributed by atoms with E-state index in [0.717, 1.165) is 43.5 Å². The SMILES string of the molecule is CC1CC(C)CN(CCc2cccc([N+](=O)[O-])c2)C1. The Labute approximate surface area is 114 Å². The molecule has 4 nitrogen and oxygen atoms in total. The van der Waals surface area contributed by atoms with Crippen LogP contribution >= 0.6 is 0 Å². The summed E-state index contributed by atoms with van der Waals surface area (Å²) in [7, 11) is 0. The van der Waals surface area contributed by atoms with Crippen molar-refractivity contribution < 1.29 is 4.92 Å². The van der Waals surface area contributed by atoms with Gasteiger partial charge in [0.15, 0.2) is 0 Å². The van der Waals surface area contributed by atoms with Gasteiger partial charge in [0.1, 0.15) is 0 Å². The molecule has 1 aliphatic rings. The number of benzene rings is 1. The number of likely N-dealkylation sites (tertiary alicyclic amines) is 1. The van der Waals surface area contributed by atoms with Crippen molar-refractivity contribution in [3.05, 3.63) is 39.9 Å². The molecule has 0 bridgehead atoms. The second-order valence-electron chi connectivity index (χ2n) is 5.88. The molecule has 1 aliphatic heterocycles. The van der Waals surface area contributed by atoms with Crippen LogP contribution in [0.2, 0.25) is 0 Å². The number of piperidine rings is 1. The van der Waals surface area contributed by atoms with Crippen molar-refractivity contribution in [1.82, 2.24) is 4.90 Å². The molecule has 2 atom stereocenters. The Morgan fingerprint density at radius 2 is 2.00 bits per heavy atom. The van der Waals surface area contributed by atoms with Gasteiger partial charge in [-0.3, -0.25) is 10.1 Å². The summed E-state index contributed by atoms with van der Waals surface area (Å²) in [6, 6.07) is 6.99. The zero-order valence-electron chi connectivity index (χ0n) is 11.7. The first-order valence-electron chi connectivity index (χ1n) is 7.00. The van der Waals surface area contributed by atoms with Gasteiger partial charge in [0.05, 0.1) is 4.92 Å². The average Bonchev–Trinajstić information content (AvgIpc) is 2.35. The summed E-state index contributed by atoms with van der Waals surface area (Å²) in [5, 5.41) is 10.7. The molecule has 2 rings (SSSR count). The molecule has 1 saturated heterocycles. The second-order valence-corrected chi connectivity index (χ2v) is 5.88. The highest BCUT2D eigenvalue weighted by atomic mass is 16.6. The van der Waals surface area contributed by atoms with Crippen LogP contribution < -0.4 is 0 Å². The van der Waals surface area contributed by atoms with E-state index < -0.39 is 0 Å². The van der Waals surface area contributed by atoms with Crippen LogP contribution in [0.4, 0.5) is 5.69 Å². The lowest BCUT2D eigenvalue weighted by molar-refractivity contribution is -0.384. The fraction of sp³-hybridized carbons (Fsp3) is 0.600. The number of hydrogen-bond donors (Lipinski definition) is 0. The van der Waals surface area contributed by atoms with Gasteiger partial charge in [0.25, 0.3) is 5.69 Å². The Balaban J connectivity index is 1.91. The molecule has 2 unspecified atom stereocenters. The molecule has 0 radical (unpaired) electrons. The van der Waals surface area contributed by atoms with Crippen LogP contribution in [0, 0.1) is 22.0 Å². The lowest BCUT2D eigenvalue weighted by Crippen LogP contribution is -2.39. The maximum absolute atomic E-state index is 10.7. The van der Waals surface area contributed by atoms with Gasteiger partial charge in [-0.1, -0.05) is 26.0 Å². The van der Waals surface area contributed by atoms with Crippen LogP contribution in [0.1, 0.15) is 25.8 Å². The van der Waals surface area contributed by atoms with Gasteiger partial charge >= 0.3 is 0 Å². The van der Waals surface area contributed by atoms with Crippen molar-refractivity contribution in [3.63, 3.8) is 0 Å². The zero-order chi connectivity index (χ0) is 13.8. The molecule has 0 aliphatic carbocycles. The van der Waals surface area contributed by atoms with E-state index >= 15 is 0 Å². The number of nitro groups is 1. The third-order valence-electron chi connectivity index (χ3n) is 3.78. The van der Waals surface area contributed by atoms with Gasteiger partial charge in [-0.15, -0.1) is 0 Å². The van der Waals surface area contributed by atoms with Crippen LogP contribution in [0.5, 0.6) is 0 Å². The van der Waals surface area contributed by atoms with Crippen LogP contribution in [-0.4, -0.2) is 29.5 Å². The largest absolute Gasteiger partial charge is 0.302 e. The maximum atomic E-state index is 10.7. The Bertz CT molecular complexity index is 438. The van der Waals surface area contributed by atoms with E-state index in [1.165, 1.54) is 6.42 Å². The van der Waals surface area contributed by atoms with E-state index in [1.54, 1.807) is 18.2 Å². The summed E-state index contributed by atoms with van der Waals surface area (Å²) in [5.74, 6) is 1.52. The standard InChI is InChI=1S/C15H22N2O2/c1-12-8-13(2)11-16(10-12)7-6-14-4-3-5-15(9-14)17(18)19/h3-5,9,12-13H,6-8,10-11H2,1-2H3. The smallest absolute Gasteiger partial charge is 0.269 e. The number of hydrogen-bond acceptors (Lipinski definition) is 3. The normalized spacial score (nSPS) is 24.3. The minimum atomic E-state index is -0.325. The quantitative estimate of drug-likeness (QED) is 0.618. The van der Waals surface area contributed by atoms with Crippen molar-refractivity contribution >= 4 is 5.69 Å². The molecule has 0 saturated carbocycles. The first-order valence-corrected chi connectivity index (χ1v) is 7.00. The van der Waals surface area contributed by atoms with Crippen molar-refractivity contribution in [3.8, 4) is 0 Å². The Morgan fingerprint density at radius 3 is 2.63 bits per heavy atom. The second kappa shape index (κ2) is 6.15. The Morgan fingerprint density at radius 1 is 1.32 bits per heavy atom. The predicted octanol–water partition coefficient (Wildman–Crippen LogP) is 3.12. The minimum Gasteiger partial charge on any atom is -0.302 e. The lowest BCUT2D eigenvalue weighted by atomic mass is 9.91. The summed E-state index contributed by atoms with van der Waals surface area (Å²) in [6.45, 7) is 7.90. The van der Waals surface area contributed by atoms with E-state index in [2.05, 4.69) is 18.7 Å². The topological polar surface area (TPSA) is 46.4 Å². The van der Waals surface area contributed by atoms with Crippen molar-refractivity contribution in [2.45, 2.75) is 26.7 Å². The van der Waals surface area contributed by atoms with Crippen molar-refractivity contribution in [1.29, 1.82) is 0 Å². The van der Waals surface area contributed by atoms with Crippen LogP contribution in [0.15, 0.2) is 24.3 Å². The van der Waals surface area contributed by atoms with E-state index in [0.29, 0.717) is 0 Å². The monoisotopic (exact) mass is 262 g/mol. The zero-order valence-corrected chi connectivity index (χ0v) is 11.7. The van der Waals surface area contributed by atoms with Crippen molar-refractivity contribution in [2.75, 3.05) is 19.6 Å². The molecular weight excluding hydrogens is 240 g/mol. The van der Waals surface area contributed by atoms with E-state index in [-0.39, 0.29) is 10.6 Å². The minimum absolute atomic E-state index is 0.192. The molecule has 19 heavy (non-hydrogen) atoms. The summed E-state index contributed by atoms with van der Waals surface area (Å²) in [5.41, 5.74) is 1.25. The molecule has 1 fully saturated rings. The first kappa shape index (κ1) is 14.0. The molecule has 1 aromatic rings. The Kier molecular flexibility index (Phi) is 4.53. The molecule has 1 heterocycles. The highest BCUT2D eigenvalue weighted by Gasteiger charge is 2.21. The highest BCUT2D eigenvalue weighted by molar-refractivity contribution is 5.34. The third kappa shape index (κ3) is 4.03. The molecule has 104 valence electrons. The van der Waals surface area contributed by atoms with E-state index in [1.807, 2.05) is 6.07 Å². The van der Waals surface area contributed by atoms with Gasteiger partial charge in [-0.25, -0.2) is 0 Å². The molecule has 0 spiro atoms. The van der Waals surface area contributed by atoms with E-state index in [4.69, 9.17) is 0 Å². The maximum Gasteiger partial charge on any atom is 0.269 e. The summed E-state index contributed by atoms with van der Waals surface area (Å²) in [6.07, 6.45) is 2.20. The first-order chi connectivity index (χ1) is 9.04. The Hall–Kier alpha value is -1.42. The van der Waals surface area contributed by atoms with E-state index in [9.17, 15) is 10.1 Å². The molecule has 0 aromatic heterocycles. The van der Waals surface area contributed by atoms with Gasteiger partial charge < -0.3 is 4.90 Å². The summed E-state index contributed by atoms with van der Waals surface area (Å²) in [4.78, 5) is 12.9. The van der Waals surface area contributed by atoms with Crippen LogP contribution in [0.25, 0.3) is 0 Å². The molecule has 1 aromatic carbocycles. The number of rotatable bonds is 4. The molecular formula is C15H22N2O2. The van der Waals surface area contributed by atoms with Gasteiger partial charge in [0.2, 0.25) is 0 Å². The summed E-state index contributed by atoms with van der Waals surface area (Å²) < 4.78 is 0. The van der Waals surface area contributed by atoms with Crippen molar-refractivity contribution in [2.24, 2.45) is 11.8 Å². The molecule has 0 amide bonds. The fourth-order valence-corrected chi connectivity index (χ4v) is 3.09. The molecule has 0 N–H and O–H groups in total. The predicted molar refractivity (Wildman–Crippen MR) is 76.2 cm³/mol. The third-order valence-corrected chi connectivity index (χ3v) is 3.78. The number of nitro benzene ring substituents is 1. The van der Waals surface area contributed by atoms with Gasteiger partial charge in [-0.2, -0.15) is 0 Å².